The van der Waals surface area contributed by atoms with E-state index in [2.05, 4.69) is 16.3 Å². The van der Waals surface area contributed by atoms with Crippen molar-refractivity contribution >= 4 is 0 Å². The molecule has 3 aliphatic rings. The molecule has 2 aliphatic heterocycles. The smallest absolute Gasteiger partial charge is 0.0672 e. The van der Waals surface area contributed by atoms with Gasteiger partial charge in [-0.05, 0) is 44.7 Å². The number of nitriles is 1. The molecular weight excluding hydrogens is 198 g/mol. The van der Waals surface area contributed by atoms with E-state index in [1.54, 1.807) is 0 Å². The van der Waals surface area contributed by atoms with E-state index in [-0.39, 0.29) is 5.92 Å². The van der Waals surface area contributed by atoms with Gasteiger partial charge in [-0.25, -0.2) is 0 Å². The highest BCUT2D eigenvalue weighted by atomic mass is 15.2. The monoisotopic (exact) mass is 219 g/mol. The molecule has 1 aliphatic carbocycles. The fraction of sp³-hybridized carbons (Fsp3) is 0.923. The zero-order valence-corrected chi connectivity index (χ0v) is 9.86. The van der Waals surface area contributed by atoms with Gasteiger partial charge in [0.15, 0.2) is 0 Å². The van der Waals surface area contributed by atoms with E-state index in [0.717, 1.165) is 12.3 Å². The molecule has 1 N–H and O–H groups in total. The molecule has 5 unspecified atom stereocenters. The number of hydrogen-bond acceptors (Lipinski definition) is 3. The van der Waals surface area contributed by atoms with Crippen molar-refractivity contribution in [2.45, 2.75) is 44.2 Å². The number of rotatable bonds is 2. The number of hydrogen-bond donors (Lipinski definition) is 1. The van der Waals surface area contributed by atoms with Crippen molar-refractivity contribution in [2.24, 2.45) is 11.8 Å². The maximum Gasteiger partial charge on any atom is 0.0672 e. The molecule has 0 aromatic rings. The average Bonchev–Trinajstić information content (AvgIpc) is 2.89. The Morgan fingerprint density at radius 2 is 1.94 bits per heavy atom. The molecule has 0 aromatic carbocycles. The van der Waals surface area contributed by atoms with Crippen LogP contribution in [0.4, 0.5) is 0 Å². The van der Waals surface area contributed by atoms with E-state index in [1.807, 2.05) is 0 Å². The SMILES string of the molecule is N#CC1CCCC1NC1CCN2CCC1C2. The van der Waals surface area contributed by atoms with Gasteiger partial charge in [-0.15, -0.1) is 0 Å². The summed E-state index contributed by atoms with van der Waals surface area (Å²) in [4.78, 5) is 2.58. The van der Waals surface area contributed by atoms with Crippen molar-refractivity contribution < 1.29 is 0 Å². The van der Waals surface area contributed by atoms with Crippen molar-refractivity contribution in [2.75, 3.05) is 19.6 Å². The molecule has 2 heterocycles. The summed E-state index contributed by atoms with van der Waals surface area (Å²) >= 11 is 0. The normalized spacial score (nSPS) is 46.8. The third-order valence-corrected chi connectivity index (χ3v) is 4.74. The largest absolute Gasteiger partial charge is 0.310 e. The van der Waals surface area contributed by atoms with Gasteiger partial charge in [0.1, 0.15) is 0 Å². The molecule has 16 heavy (non-hydrogen) atoms. The van der Waals surface area contributed by atoms with Crippen LogP contribution in [0.25, 0.3) is 0 Å². The van der Waals surface area contributed by atoms with Crippen LogP contribution in [0.2, 0.25) is 0 Å². The summed E-state index contributed by atoms with van der Waals surface area (Å²) in [7, 11) is 0. The van der Waals surface area contributed by atoms with E-state index in [1.165, 1.54) is 45.3 Å². The topological polar surface area (TPSA) is 39.1 Å². The molecule has 0 radical (unpaired) electrons. The molecule has 5 atom stereocenters. The molecule has 3 heteroatoms. The van der Waals surface area contributed by atoms with Crippen molar-refractivity contribution in [3.05, 3.63) is 0 Å². The van der Waals surface area contributed by atoms with E-state index in [4.69, 9.17) is 5.26 Å². The average molecular weight is 219 g/mol. The van der Waals surface area contributed by atoms with E-state index in [0.29, 0.717) is 12.1 Å². The van der Waals surface area contributed by atoms with Gasteiger partial charge in [0.05, 0.1) is 12.0 Å². The molecule has 3 rings (SSSR count). The van der Waals surface area contributed by atoms with Crippen molar-refractivity contribution in [3.63, 3.8) is 0 Å². The van der Waals surface area contributed by atoms with Gasteiger partial charge < -0.3 is 10.2 Å². The standard InChI is InChI=1S/C13H21N3/c14-8-10-2-1-3-12(10)15-13-5-7-16-6-4-11(13)9-16/h10-13,15H,1-7,9H2. The van der Waals surface area contributed by atoms with Gasteiger partial charge in [0, 0.05) is 18.6 Å². The molecule has 0 aromatic heterocycles. The lowest BCUT2D eigenvalue weighted by Crippen LogP contribution is -2.48. The summed E-state index contributed by atoms with van der Waals surface area (Å²) in [5.41, 5.74) is 0. The lowest BCUT2D eigenvalue weighted by Gasteiger charge is -2.33. The maximum atomic E-state index is 9.10. The first-order valence-electron chi connectivity index (χ1n) is 6.75. The molecule has 1 saturated carbocycles. The zero-order valence-electron chi connectivity index (χ0n) is 9.86. The first kappa shape index (κ1) is 10.6. The van der Waals surface area contributed by atoms with Crippen molar-refractivity contribution in [1.29, 1.82) is 5.26 Å². The van der Waals surface area contributed by atoms with Gasteiger partial charge in [0.2, 0.25) is 0 Å². The van der Waals surface area contributed by atoms with Gasteiger partial charge in [-0.2, -0.15) is 5.26 Å². The quantitative estimate of drug-likeness (QED) is 0.762. The first-order chi connectivity index (χ1) is 7.86. The van der Waals surface area contributed by atoms with E-state index < -0.39 is 0 Å². The summed E-state index contributed by atoms with van der Waals surface area (Å²) < 4.78 is 0. The molecule has 88 valence electrons. The number of nitrogens with zero attached hydrogens (tertiary/aromatic N) is 2. The summed E-state index contributed by atoms with van der Waals surface area (Å²) in [5, 5.41) is 12.9. The minimum atomic E-state index is 0.277. The Hall–Kier alpha value is -0.590. The second kappa shape index (κ2) is 4.35. The molecular formula is C13H21N3. The minimum absolute atomic E-state index is 0.277. The fourth-order valence-corrected chi connectivity index (χ4v) is 3.76. The van der Waals surface area contributed by atoms with Gasteiger partial charge in [-0.1, -0.05) is 6.42 Å². The Kier molecular flexibility index (Phi) is 2.87. The summed E-state index contributed by atoms with van der Waals surface area (Å²) in [6.07, 6.45) is 6.21. The van der Waals surface area contributed by atoms with Gasteiger partial charge >= 0.3 is 0 Å². The van der Waals surface area contributed by atoms with Crippen LogP contribution in [-0.4, -0.2) is 36.6 Å². The summed E-state index contributed by atoms with van der Waals surface area (Å²) in [6, 6.07) is 3.65. The van der Waals surface area contributed by atoms with Gasteiger partial charge in [0.25, 0.3) is 0 Å². The van der Waals surface area contributed by atoms with Crippen LogP contribution in [0, 0.1) is 23.2 Å². The highest BCUT2D eigenvalue weighted by Gasteiger charge is 2.37. The Morgan fingerprint density at radius 3 is 2.81 bits per heavy atom. The lowest BCUT2D eigenvalue weighted by atomic mass is 9.92. The highest BCUT2D eigenvalue weighted by molar-refractivity contribution is 5.00. The molecule has 2 bridgehead atoms. The maximum absolute atomic E-state index is 9.10. The van der Waals surface area contributed by atoms with Crippen LogP contribution in [0.5, 0.6) is 0 Å². The van der Waals surface area contributed by atoms with Crippen molar-refractivity contribution in [3.8, 4) is 6.07 Å². The molecule has 0 spiro atoms. The third-order valence-electron chi connectivity index (χ3n) is 4.74. The summed E-state index contributed by atoms with van der Waals surface area (Å²) in [5.74, 6) is 1.13. The zero-order chi connectivity index (χ0) is 11.0. The highest BCUT2D eigenvalue weighted by Crippen LogP contribution is 2.31. The third kappa shape index (κ3) is 1.85. The predicted octanol–water partition coefficient (Wildman–Crippen LogP) is 1.36. The Balaban J connectivity index is 1.60. The minimum Gasteiger partial charge on any atom is -0.310 e. The van der Waals surface area contributed by atoms with Crippen LogP contribution in [0.15, 0.2) is 0 Å². The van der Waals surface area contributed by atoms with E-state index in [9.17, 15) is 0 Å². The second-order valence-electron chi connectivity index (χ2n) is 5.68. The van der Waals surface area contributed by atoms with Crippen LogP contribution in [0.1, 0.15) is 32.1 Å². The van der Waals surface area contributed by atoms with Crippen LogP contribution in [0.3, 0.4) is 0 Å². The van der Waals surface area contributed by atoms with Crippen LogP contribution < -0.4 is 5.32 Å². The summed E-state index contributed by atoms with van der Waals surface area (Å²) in [6.45, 7) is 3.86. The Labute approximate surface area is 97.8 Å². The Bertz CT molecular complexity index is 296. The Morgan fingerprint density at radius 1 is 1.06 bits per heavy atom. The van der Waals surface area contributed by atoms with Crippen LogP contribution >= 0.6 is 0 Å². The van der Waals surface area contributed by atoms with E-state index >= 15 is 0 Å². The molecule has 2 saturated heterocycles. The lowest BCUT2D eigenvalue weighted by molar-refractivity contribution is 0.205. The van der Waals surface area contributed by atoms with Crippen molar-refractivity contribution in [1.82, 2.24) is 10.2 Å². The second-order valence-corrected chi connectivity index (χ2v) is 5.68. The molecule has 0 amide bonds. The van der Waals surface area contributed by atoms with Gasteiger partial charge in [-0.3, -0.25) is 0 Å². The number of fused-ring (bicyclic) bond motifs is 2. The molecule has 3 nitrogen and oxygen atoms in total. The molecule has 3 fully saturated rings. The number of piperidine rings is 1. The first-order valence-corrected chi connectivity index (χ1v) is 6.75. The predicted molar refractivity (Wildman–Crippen MR) is 62.8 cm³/mol. The number of nitrogens with one attached hydrogen (secondary N) is 1. The fourth-order valence-electron chi connectivity index (χ4n) is 3.76. The van der Waals surface area contributed by atoms with Crippen LogP contribution in [-0.2, 0) is 0 Å².